The van der Waals surface area contributed by atoms with E-state index in [2.05, 4.69) is 5.32 Å². The van der Waals surface area contributed by atoms with Gasteiger partial charge in [0.1, 0.15) is 6.04 Å². The SMILES string of the molecule is CNC(=O)[C@@H](C)N(Cc1ccc(Cl)cc1Cl)C(=O)CCCN(c1ccc(C)cc1)S(C)(=O)=O. The van der Waals surface area contributed by atoms with Gasteiger partial charge in [0.05, 0.1) is 11.9 Å². The molecule has 2 amide bonds. The molecule has 0 spiro atoms. The van der Waals surface area contributed by atoms with Crippen LogP contribution in [0, 0.1) is 6.92 Å². The van der Waals surface area contributed by atoms with Gasteiger partial charge in [0, 0.05) is 36.6 Å². The molecule has 0 heterocycles. The van der Waals surface area contributed by atoms with Crippen LogP contribution in [-0.2, 0) is 26.2 Å². The Morgan fingerprint density at radius 3 is 2.27 bits per heavy atom. The van der Waals surface area contributed by atoms with Crippen molar-refractivity contribution in [1.29, 1.82) is 0 Å². The van der Waals surface area contributed by atoms with E-state index in [-0.39, 0.29) is 37.7 Å². The number of anilines is 1. The Morgan fingerprint density at radius 2 is 1.73 bits per heavy atom. The summed E-state index contributed by atoms with van der Waals surface area (Å²) in [6, 6.07) is 11.4. The zero-order valence-electron chi connectivity index (χ0n) is 19.1. The van der Waals surface area contributed by atoms with Crippen LogP contribution >= 0.6 is 23.2 Å². The fourth-order valence-corrected chi connectivity index (χ4v) is 4.77. The summed E-state index contributed by atoms with van der Waals surface area (Å²) in [6.07, 6.45) is 1.48. The van der Waals surface area contributed by atoms with Crippen molar-refractivity contribution in [3.05, 3.63) is 63.6 Å². The molecule has 33 heavy (non-hydrogen) atoms. The molecule has 0 aliphatic heterocycles. The molecule has 1 N–H and O–H groups in total. The van der Waals surface area contributed by atoms with Gasteiger partial charge in [-0.1, -0.05) is 47.0 Å². The first kappa shape index (κ1) is 27.0. The van der Waals surface area contributed by atoms with E-state index in [0.717, 1.165) is 11.8 Å². The predicted octanol–water partition coefficient (Wildman–Crippen LogP) is 4.01. The van der Waals surface area contributed by atoms with Gasteiger partial charge in [-0.05, 0) is 50.1 Å². The molecule has 0 saturated heterocycles. The Kier molecular flexibility index (Phi) is 9.57. The number of carbonyl (C=O) groups is 2. The number of benzene rings is 2. The number of aryl methyl sites for hydroxylation is 1. The maximum atomic E-state index is 13.1. The van der Waals surface area contributed by atoms with Gasteiger partial charge in [0.15, 0.2) is 0 Å². The quantitative estimate of drug-likeness (QED) is 0.519. The number of halogens is 2. The normalized spacial score (nSPS) is 12.2. The Morgan fingerprint density at radius 1 is 1.09 bits per heavy atom. The van der Waals surface area contributed by atoms with Crippen molar-refractivity contribution in [2.24, 2.45) is 0 Å². The summed E-state index contributed by atoms with van der Waals surface area (Å²) in [7, 11) is -2.02. The van der Waals surface area contributed by atoms with Crippen LogP contribution in [0.1, 0.15) is 30.9 Å². The summed E-state index contributed by atoms with van der Waals surface area (Å²) in [5, 5.41) is 3.42. The van der Waals surface area contributed by atoms with Gasteiger partial charge in [-0.3, -0.25) is 13.9 Å². The predicted molar refractivity (Wildman–Crippen MR) is 133 cm³/mol. The van der Waals surface area contributed by atoms with Crippen molar-refractivity contribution in [3.8, 4) is 0 Å². The van der Waals surface area contributed by atoms with Crippen LogP contribution in [0.25, 0.3) is 0 Å². The number of nitrogens with one attached hydrogen (secondary N) is 1. The standard InChI is InChI=1S/C23H29Cl2N3O4S/c1-16-7-11-20(12-8-16)28(33(4,31)32)13-5-6-22(29)27(17(2)23(30)26-3)15-18-9-10-19(24)14-21(18)25/h7-12,14,17H,5-6,13,15H2,1-4H3,(H,26,30)/t17-/m1/s1. The number of amides is 2. The van der Waals surface area contributed by atoms with Crippen molar-refractivity contribution in [2.75, 3.05) is 24.2 Å². The highest BCUT2D eigenvalue weighted by molar-refractivity contribution is 7.92. The zero-order valence-corrected chi connectivity index (χ0v) is 21.5. The van der Waals surface area contributed by atoms with Crippen LogP contribution in [0.5, 0.6) is 0 Å². The monoisotopic (exact) mass is 513 g/mol. The van der Waals surface area contributed by atoms with Gasteiger partial charge < -0.3 is 10.2 Å². The van der Waals surface area contributed by atoms with E-state index in [0.29, 0.717) is 21.3 Å². The second-order valence-electron chi connectivity index (χ2n) is 7.82. The summed E-state index contributed by atoms with van der Waals surface area (Å²) >= 11 is 12.2. The molecule has 0 bridgehead atoms. The van der Waals surface area contributed by atoms with E-state index in [1.54, 1.807) is 37.3 Å². The maximum Gasteiger partial charge on any atom is 0.242 e. The average Bonchev–Trinajstić information content (AvgIpc) is 2.75. The lowest BCUT2D eigenvalue weighted by Crippen LogP contribution is -2.46. The fraction of sp³-hybridized carbons (Fsp3) is 0.391. The number of rotatable bonds is 10. The van der Waals surface area contributed by atoms with E-state index in [4.69, 9.17) is 23.2 Å². The van der Waals surface area contributed by atoms with E-state index in [1.807, 2.05) is 19.1 Å². The number of hydrogen-bond acceptors (Lipinski definition) is 4. The highest BCUT2D eigenvalue weighted by Gasteiger charge is 2.26. The highest BCUT2D eigenvalue weighted by Crippen LogP contribution is 2.24. The minimum atomic E-state index is -3.53. The summed E-state index contributed by atoms with van der Waals surface area (Å²) < 4.78 is 25.9. The third-order valence-electron chi connectivity index (χ3n) is 5.24. The minimum Gasteiger partial charge on any atom is -0.357 e. The first-order valence-electron chi connectivity index (χ1n) is 10.4. The van der Waals surface area contributed by atoms with Gasteiger partial charge in [-0.15, -0.1) is 0 Å². The molecule has 7 nitrogen and oxygen atoms in total. The smallest absolute Gasteiger partial charge is 0.242 e. The Labute approximate surface area is 205 Å². The highest BCUT2D eigenvalue weighted by atomic mass is 35.5. The first-order valence-corrected chi connectivity index (χ1v) is 13.0. The average molecular weight is 514 g/mol. The first-order chi connectivity index (χ1) is 15.4. The van der Waals surface area contributed by atoms with Crippen molar-refractivity contribution < 1.29 is 18.0 Å². The van der Waals surface area contributed by atoms with Crippen LogP contribution in [0.2, 0.25) is 10.0 Å². The summed E-state index contributed by atoms with van der Waals surface area (Å²) in [5.41, 5.74) is 2.21. The molecule has 180 valence electrons. The second-order valence-corrected chi connectivity index (χ2v) is 10.6. The van der Waals surface area contributed by atoms with Gasteiger partial charge in [0.2, 0.25) is 21.8 Å². The second kappa shape index (κ2) is 11.7. The molecule has 0 aliphatic rings. The van der Waals surface area contributed by atoms with Crippen LogP contribution in [0.3, 0.4) is 0 Å². The van der Waals surface area contributed by atoms with Crippen LogP contribution in [0.15, 0.2) is 42.5 Å². The zero-order chi connectivity index (χ0) is 24.8. The molecular formula is C23H29Cl2N3O4S. The topological polar surface area (TPSA) is 86.8 Å². The van der Waals surface area contributed by atoms with Gasteiger partial charge >= 0.3 is 0 Å². The fourth-order valence-electron chi connectivity index (χ4n) is 3.34. The molecule has 2 aromatic carbocycles. The molecule has 1 atom stereocenters. The Hall–Kier alpha value is -2.29. The van der Waals surface area contributed by atoms with Crippen molar-refractivity contribution in [2.45, 2.75) is 39.3 Å². The molecule has 0 unspecified atom stereocenters. The molecule has 0 fully saturated rings. The number of carbonyl (C=O) groups excluding carboxylic acids is 2. The van der Waals surface area contributed by atoms with Crippen molar-refractivity contribution >= 4 is 50.7 Å². The lowest BCUT2D eigenvalue weighted by atomic mass is 10.1. The van der Waals surface area contributed by atoms with Crippen LogP contribution < -0.4 is 9.62 Å². The van der Waals surface area contributed by atoms with Gasteiger partial charge in [-0.2, -0.15) is 0 Å². The van der Waals surface area contributed by atoms with Crippen molar-refractivity contribution in [1.82, 2.24) is 10.2 Å². The molecule has 0 radical (unpaired) electrons. The van der Waals surface area contributed by atoms with Crippen LogP contribution in [-0.4, -0.2) is 51.0 Å². The molecule has 2 rings (SSSR count). The van der Waals surface area contributed by atoms with E-state index < -0.39 is 16.1 Å². The molecule has 0 saturated carbocycles. The number of nitrogens with zero attached hydrogens (tertiary/aromatic N) is 2. The largest absolute Gasteiger partial charge is 0.357 e. The lowest BCUT2D eigenvalue weighted by molar-refractivity contribution is -0.140. The van der Waals surface area contributed by atoms with E-state index in [9.17, 15) is 18.0 Å². The lowest BCUT2D eigenvalue weighted by Gasteiger charge is -2.29. The number of sulfonamides is 1. The number of hydrogen-bond donors (Lipinski definition) is 1. The minimum absolute atomic E-state index is 0.0599. The molecule has 0 aliphatic carbocycles. The van der Waals surface area contributed by atoms with Gasteiger partial charge in [-0.25, -0.2) is 8.42 Å². The molecule has 0 aromatic heterocycles. The summed E-state index contributed by atoms with van der Waals surface area (Å²) in [4.78, 5) is 26.8. The number of likely N-dealkylation sites (N-methyl/N-ethyl adjacent to an activating group) is 1. The Bertz CT molecular complexity index is 1090. The van der Waals surface area contributed by atoms with Crippen molar-refractivity contribution in [3.63, 3.8) is 0 Å². The summed E-state index contributed by atoms with van der Waals surface area (Å²) in [6.45, 7) is 3.81. The maximum absolute atomic E-state index is 13.1. The Balaban J connectivity index is 2.16. The van der Waals surface area contributed by atoms with E-state index in [1.165, 1.54) is 16.3 Å². The van der Waals surface area contributed by atoms with Gasteiger partial charge in [0.25, 0.3) is 0 Å². The summed E-state index contributed by atoms with van der Waals surface area (Å²) in [5.74, 6) is -0.597. The molecule has 2 aromatic rings. The van der Waals surface area contributed by atoms with Crippen LogP contribution in [0.4, 0.5) is 5.69 Å². The third-order valence-corrected chi connectivity index (χ3v) is 7.02. The molecular weight excluding hydrogens is 485 g/mol. The molecule has 10 heteroatoms. The third kappa shape index (κ3) is 7.62. The van der Waals surface area contributed by atoms with E-state index >= 15 is 0 Å².